The van der Waals surface area contributed by atoms with Gasteiger partial charge in [-0.15, -0.1) is 11.3 Å². The number of methoxy groups -OCH3 is 1. The van der Waals surface area contributed by atoms with Crippen LogP contribution in [0.1, 0.15) is 43.3 Å². The second kappa shape index (κ2) is 6.05. The van der Waals surface area contributed by atoms with Gasteiger partial charge in [-0.3, -0.25) is 4.79 Å². The third-order valence-electron chi connectivity index (χ3n) is 3.24. The van der Waals surface area contributed by atoms with Crippen molar-refractivity contribution >= 4 is 23.2 Å². The smallest absolute Gasteiger partial charge is 0.329 e. The van der Waals surface area contributed by atoms with Crippen LogP contribution in [0.5, 0.6) is 5.75 Å². The van der Waals surface area contributed by atoms with Gasteiger partial charge in [-0.05, 0) is 45.1 Å². The zero-order valence-electron chi connectivity index (χ0n) is 12.8. The molecule has 21 heavy (non-hydrogen) atoms. The van der Waals surface area contributed by atoms with Crippen molar-refractivity contribution < 1.29 is 19.1 Å². The Labute approximate surface area is 128 Å². The van der Waals surface area contributed by atoms with Crippen LogP contribution in [0.2, 0.25) is 0 Å². The van der Waals surface area contributed by atoms with Gasteiger partial charge in [-0.1, -0.05) is 0 Å². The van der Waals surface area contributed by atoms with Crippen molar-refractivity contribution in [3.63, 3.8) is 0 Å². The summed E-state index contributed by atoms with van der Waals surface area (Å²) in [7, 11) is 1.54. The molecule has 0 radical (unpaired) electrons. The standard InChI is InChI=1S/C15H21NO4S/c1-15(2,3)20-14(18)10-6-5-8-16(10)13(17)12-11(19-4)7-9-21-12/h7,9-10H,5-6,8H2,1-4H3/t10-/m0/s1. The molecule has 1 amide bonds. The van der Waals surface area contributed by atoms with Gasteiger partial charge in [0, 0.05) is 6.54 Å². The Morgan fingerprint density at radius 2 is 2.10 bits per heavy atom. The van der Waals surface area contributed by atoms with E-state index in [2.05, 4.69) is 0 Å². The predicted octanol–water partition coefficient (Wildman–Crippen LogP) is 2.70. The lowest BCUT2D eigenvalue weighted by atomic mass is 10.1. The van der Waals surface area contributed by atoms with Gasteiger partial charge in [0.25, 0.3) is 5.91 Å². The average molecular weight is 311 g/mol. The number of esters is 1. The summed E-state index contributed by atoms with van der Waals surface area (Å²) >= 11 is 1.33. The number of carbonyl (C=O) groups excluding carboxylic acids is 2. The van der Waals surface area contributed by atoms with Crippen molar-refractivity contribution in [2.45, 2.75) is 45.3 Å². The maximum Gasteiger partial charge on any atom is 0.329 e. The van der Waals surface area contributed by atoms with Crippen LogP contribution in [0, 0.1) is 0 Å². The molecule has 2 heterocycles. The van der Waals surface area contributed by atoms with Crippen molar-refractivity contribution in [3.8, 4) is 5.75 Å². The topological polar surface area (TPSA) is 55.8 Å². The van der Waals surface area contributed by atoms with E-state index in [-0.39, 0.29) is 11.9 Å². The molecule has 1 atom stereocenters. The van der Waals surface area contributed by atoms with E-state index >= 15 is 0 Å². The molecule has 1 saturated heterocycles. The van der Waals surface area contributed by atoms with Crippen molar-refractivity contribution in [3.05, 3.63) is 16.3 Å². The third-order valence-corrected chi connectivity index (χ3v) is 4.12. The van der Waals surface area contributed by atoms with Crippen LogP contribution in [0.3, 0.4) is 0 Å². The lowest BCUT2D eigenvalue weighted by Crippen LogP contribution is -2.43. The van der Waals surface area contributed by atoms with E-state index in [1.807, 2.05) is 26.2 Å². The van der Waals surface area contributed by atoms with Gasteiger partial charge >= 0.3 is 5.97 Å². The van der Waals surface area contributed by atoms with Gasteiger partial charge in [-0.25, -0.2) is 4.79 Å². The molecule has 0 spiro atoms. The van der Waals surface area contributed by atoms with E-state index in [1.165, 1.54) is 18.4 Å². The van der Waals surface area contributed by atoms with Gasteiger partial charge < -0.3 is 14.4 Å². The quantitative estimate of drug-likeness (QED) is 0.805. The first-order chi connectivity index (χ1) is 9.83. The summed E-state index contributed by atoms with van der Waals surface area (Å²) in [5.74, 6) is 0.0684. The Morgan fingerprint density at radius 1 is 1.38 bits per heavy atom. The van der Waals surface area contributed by atoms with Crippen molar-refractivity contribution in [2.24, 2.45) is 0 Å². The maximum absolute atomic E-state index is 12.6. The maximum atomic E-state index is 12.6. The highest BCUT2D eigenvalue weighted by atomic mass is 32.1. The van der Waals surface area contributed by atoms with E-state index in [0.717, 1.165) is 6.42 Å². The fourth-order valence-electron chi connectivity index (χ4n) is 2.37. The summed E-state index contributed by atoms with van der Waals surface area (Å²) in [6.07, 6.45) is 1.46. The van der Waals surface area contributed by atoms with Crippen molar-refractivity contribution in [1.29, 1.82) is 0 Å². The summed E-state index contributed by atoms with van der Waals surface area (Å²) in [5.41, 5.74) is -0.547. The lowest BCUT2D eigenvalue weighted by molar-refractivity contribution is -0.159. The third kappa shape index (κ3) is 3.56. The number of hydrogen-bond acceptors (Lipinski definition) is 5. The molecule has 0 bridgehead atoms. The number of nitrogens with zero attached hydrogens (tertiary/aromatic N) is 1. The minimum Gasteiger partial charge on any atom is -0.495 e. The van der Waals surface area contributed by atoms with Gasteiger partial charge in [0.15, 0.2) is 0 Å². The van der Waals surface area contributed by atoms with Crippen LogP contribution in [-0.2, 0) is 9.53 Å². The first-order valence-corrected chi connectivity index (χ1v) is 7.87. The van der Waals surface area contributed by atoms with Crippen LogP contribution in [0.15, 0.2) is 11.4 Å². The molecule has 0 saturated carbocycles. The van der Waals surface area contributed by atoms with Crippen molar-refractivity contribution in [1.82, 2.24) is 4.90 Å². The van der Waals surface area contributed by atoms with E-state index in [1.54, 1.807) is 11.0 Å². The highest BCUT2D eigenvalue weighted by molar-refractivity contribution is 7.12. The van der Waals surface area contributed by atoms with E-state index in [4.69, 9.17) is 9.47 Å². The highest BCUT2D eigenvalue weighted by Crippen LogP contribution is 2.30. The zero-order valence-corrected chi connectivity index (χ0v) is 13.7. The first-order valence-electron chi connectivity index (χ1n) is 6.99. The van der Waals surface area contributed by atoms with Crippen molar-refractivity contribution in [2.75, 3.05) is 13.7 Å². The Hall–Kier alpha value is -1.56. The number of likely N-dealkylation sites (tertiary alicyclic amines) is 1. The molecule has 1 aromatic rings. The fourth-order valence-corrected chi connectivity index (χ4v) is 3.18. The Kier molecular flexibility index (Phi) is 4.56. The minimum absolute atomic E-state index is 0.157. The number of carbonyl (C=O) groups is 2. The molecule has 1 fully saturated rings. The second-order valence-electron chi connectivity index (χ2n) is 6.01. The summed E-state index contributed by atoms with van der Waals surface area (Å²) < 4.78 is 10.6. The minimum atomic E-state index is -0.547. The van der Waals surface area contributed by atoms with Crippen LogP contribution in [-0.4, -0.2) is 42.1 Å². The lowest BCUT2D eigenvalue weighted by Gasteiger charge is -2.27. The molecular weight excluding hydrogens is 290 g/mol. The summed E-state index contributed by atoms with van der Waals surface area (Å²) in [6, 6.07) is 1.26. The number of hydrogen-bond donors (Lipinski definition) is 0. The van der Waals surface area contributed by atoms with Gasteiger partial charge in [0.2, 0.25) is 0 Å². The van der Waals surface area contributed by atoms with Crippen LogP contribution < -0.4 is 4.74 Å². The molecule has 0 N–H and O–H groups in total. The molecule has 0 aromatic carbocycles. The number of amides is 1. The number of ether oxygens (including phenoxy) is 2. The molecular formula is C15H21NO4S. The molecule has 116 valence electrons. The Balaban J connectivity index is 2.15. The molecule has 1 aliphatic heterocycles. The molecule has 0 aliphatic carbocycles. The SMILES string of the molecule is COc1ccsc1C(=O)N1CCC[C@H]1C(=O)OC(C)(C)C. The largest absolute Gasteiger partial charge is 0.495 e. The number of rotatable bonds is 3. The van der Waals surface area contributed by atoms with Gasteiger partial charge in [0.1, 0.15) is 22.3 Å². The summed E-state index contributed by atoms with van der Waals surface area (Å²) in [5, 5.41) is 1.81. The van der Waals surface area contributed by atoms with Crippen LogP contribution >= 0.6 is 11.3 Å². The van der Waals surface area contributed by atoms with E-state index in [9.17, 15) is 9.59 Å². The molecule has 0 unspecified atom stereocenters. The Morgan fingerprint density at radius 3 is 2.71 bits per heavy atom. The molecule has 2 rings (SSSR count). The predicted molar refractivity (Wildman–Crippen MR) is 80.8 cm³/mol. The molecule has 1 aromatic heterocycles. The fraction of sp³-hybridized carbons (Fsp3) is 0.600. The van der Waals surface area contributed by atoms with Crippen LogP contribution in [0.4, 0.5) is 0 Å². The normalized spacial score (nSPS) is 18.7. The molecule has 6 heteroatoms. The second-order valence-corrected chi connectivity index (χ2v) is 6.92. The number of thiophene rings is 1. The first kappa shape index (κ1) is 15.8. The summed E-state index contributed by atoms with van der Waals surface area (Å²) in [4.78, 5) is 27.0. The van der Waals surface area contributed by atoms with E-state index < -0.39 is 11.6 Å². The van der Waals surface area contributed by atoms with Gasteiger partial charge in [0.05, 0.1) is 7.11 Å². The zero-order chi connectivity index (χ0) is 15.6. The average Bonchev–Trinajstić information content (AvgIpc) is 3.04. The molecule has 5 nitrogen and oxygen atoms in total. The Bertz CT molecular complexity index is 532. The highest BCUT2D eigenvalue weighted by Gasteiger charge is 2.38. The van der Waals surface area contributed by atoms with Gasteiger partial charge in [-0.2, -0.15) is 0 Å². The van der Waals surface area contributed by atoms with Crippen LogP contribution in [0.25, 0.3) is 0 Å². The molecule has 1 aliphatic rings. The summed E-state index contributed by atoms with van der Waals surface area (Å²) in [6.45, 7) is 6.06. The van der Waals surface area contributed by atoms with E-state index in [0.29, 0.717) is 23.6 Å². The monoisotopic (exact) mass is 311 g/mol.